The molecule has 0 aromatic rings. The van der Waals surface area contributed by atoms with Gasteiger partial charge in [0.05, 0.1) is 6.61 Å². The highest BCUT2D eigenvalue weighted by atomic mass is 16.5. The number of allylic oxidation sites excluding steroid dienone is 1. The van der Waals surface area contributed by atoms with E-state index in [1.807, 2.05) is 19.9 Å². The van der Waals surface area contributed by atoms with Gasteiger partial charge in [-0.25, -0.2) is 0 Å². The molecule has 0 bridgehead atoms. The first-order chi connectivity index (χ1) is 8.66. The summed E-state index contributed by atoms with van der Waals surface area (Å²) in [5.74, 6) is -0.0438. The van der Waals surface area contributed by atoms with Crippen molar-refractivity contribution in [2.45, 2.75) is 72.1 Å². The van der Waals surface area contributed by atoms with Crippen LogP contribution in [0.5, 0.6) is 0 Å². The van der Waals surface area contributed by atoms with Gasteiger partial charge in [0.2, 0.25) is 0 Å². The predicted molar refractivity (Wildman–Crippen MR) is 76.5 cm³/mol. The summed E-state index contributed by atoms with van der Waals surface area (Å²) in [6, 6.07) is 0. The van der Waals surface area contributed by atoms with Gasteiger partial charge >= 0.3 is 5.97 Å². The number of esters is 1. The second kappa shape index (κ2) is 12.4. The zero-order chi connectivity index (χ0) is 13.6. The minimum absolute atomic E-state index is 0.0438. The zero-order valence-corrected chi connectivity index (χ0v) is 12.3. The summed E-state index contributed by atoms with van der Waals surface area (Å²) in [6.45, 7) is 6.77. The van der Waals surface area contributed by atoms with Gasteiger partial charge in [0.15, 0.2) is 0 Å². The Morgan fingerprint density at radius 1 is 1.11 bits per heavy atom. The fraction of sp³-hybridized carbons (Fsp3) is 0.750. The minimum atomic E-state index is -0.0438. The fourth-order valence-corrected chi connectivity index (χ4v) is 1.59. The van der Waals surface area contributed by atoms with Crippen LogP contribution in [0, 0.1) is 0 Å². The van der Waals surface area contributed by atoms with E-state index in [0.29, 0.717) is 13.0 Å². The Kier molecular flexibility index (Phi) is 11.7. The second-order valence-electron chi connectivity index (χ2n) is 4.88. The van der Waals surface area contributed by atoms with Crippen LogP contribution < -0.4 is 0 Å². The Labute approximate surface area is 112 Å². The van der Waals surface area contributed by atoms with E-state index in [1.165, 1.54) is 24.8 Å². The molecule has 0 saturated heterocycles. The molecule has 0 unspecified atom stereocenters. The maximum Gasteiger partial charge on any atom is 0.305 e. The molecule has 0 N–H and O–H groups in total. The van der Waals surface area contributed by atoms with E-state index in [0.717, 1.165) is 25.7 Å². The van der Waals surface area contributed by atoms with Gasteiger partial charge in [-0.3, -0.25) is 4.79 Å². The van der Waals surface area contributed by atoms with E-state index < -0.39 is 0 Å². The van der Waals surface area contributed by atoms with E-state index in [2.05, 4.69) is 12.7 Å². The molecular formula is C16H28O2. The molecule has 0 radical (unpaired) electrons. The highest BCUT2D eigenvalue weighted by Crippen LogP contribution is 2.06. The maximum atomic E-state index is 11.4. The van der Waals surface area contributed by atoms with Crippen LogP contribution in [0.3, 0.4) is 0 Å². The molecule has 104 valence electrons. The zero-order valence-electron chi connectivity index (χ0n) is 12.3. The molecule has 0 aromatic carbocycles. The first kappa shape index (κ1) is 17.0. The van der Waals surface area contributed by atoms with Crippen molar-refractivity contribution in [2.24, 2.45) is 0 Å². The summed E-state index contributed by atoms with van der Waals surface area (Å²) < 4.78 is 5.16. The molecule has 2 nitrogen and oxygen atoms in total. The monoisotopic (exact) mass is 252 g/mol. The van der Waals surface area contributed by atoms with Crippen LogP contribution in [0.25, 0.3) is 0 Å². The lowest BCUT2D eigenvalue weighted by atomic mass is 10.1. The molecule has 0 heterocycles. The normalized spacial score (nSPS) is 9.72. The summed E-state index contributed by atoms with van der Waals surface area (Å²) in [4.78, 5) is 11.4. The maximum absolute atomic E-state index is 11.4. The first-order valence-corrected chi connectivity index (χ1v) is 7.20. The summed E-state index contributed by atoms with van der Waals surface area (Å²) in [7, 11) is 0. The van der Waals surface area contributed by atoms with Gasteiger partial charge in [-0.15, -0.1) is 5.73 Å². The Morgan fingerprint density at radius 2 is 1.83 bits per heavy atom. The summed E-state index contributed by atoms with van der Waals surface area (Å²) in [5.41, 5.74) is 4.32. The molecular weight excluding hydrogens is 224 g/mol. The van der Waals surface area contributed by atoms with Crippen molar-refractivity contribution in [3.63, 3.8) is 0 Å². The number of ether oxygens (including phenoxy) is 1. The molecule has 0 aliphatic heterocycles. The average Bonchev–Trinajstić information content (AvgIpc) is 2.33. The van der Waals surface area contributed by atoms with Gasteiger partial charge in [0.1, 0.15) is 0 Å². The van der Waals surface area contributed by atoms with Crippen molar-refractivity contribution >= 4 is 5.97 Å². The smallest absolute Gasteiger partial charge is 0.305 e. The molecule has 0 rings (SSSR count). The van der Waals surface area contributed by atoms with Crippen LogP contribution in [-0.2, 0) is 9.53 Å². The lowest BCUT2D eigenvalue weighted by Gasteiger charge is -2.03. The lowest BCUT2D eigenvalue weighted by molar-refractivity contribution is -0.143. The molecule has 0 aliphatic rings. The molecule has 0 fully saturated rings. The molecule has 2 heteroatoms. The van der Waals surface area contributed by atoms with E-state index in [4.69, 9.17) is 4.74 Å². The number of carbonyl (C=O) groups excluding carboxylic acids is 1. The number of unbranched alkanes of at least 4 members (excludes halogenated alkanes) is 5. The minimum Gasteiger partial charge on any atom is -0.466 e. The van der Waals surface area contributed by atoms with E-state index in [-0.39, 0.29) is 5.97 Å². The number of carbonyl (C=O) groups is 1. The van der Waals surface area contributed by atoms with Gasteiger partial charge in [-0.1, -0.05) is 32.6 Å². The third kappa shape index (κ3) is 13.1. The van der Waals surface area contributed by atoms with Gasteiger partial charge in [-0.2, -0.15) is 0 Å². The van der Waals surface area contributed by atoms with Gasteiger partial charge < -0.3 is 4.74 Å². The van der Waals surface area contributed by atoms with Crippen molar-refractivity contribution in [3.05, 3.63) is 17.4 Å². The predicted octanol–water partition coefficient (Wildman–Crippen LogP) is 4.79. The number of hydrogen-bond acceptors (Lipinski definition) is 2. The van der Waals surface area contributed by atoms with E-state index in [9.17, 15) is 4.79 Å². The second-order valence-corrected chi connectivity index (χ2v) is 4.88. The van der Waals surface area contributed by atoms with Crippen LogP contribution in [0.2, 0.25) is 0 Å². The summed E-state index contributed by atoms with van der Waals surface area (Å²) in [5, 5.41) is 0. The van der Waals surface area contributed by atoms with Crippen LogP contribution in [0.1, 0.15) is 72.1 Å². The van der Waals surface area contributed by atoms with E-state index in [1.54, 1.807) is 0 Å². The van der Waals surface area contributed by atoms with Crippen molar-refractivity contribution in [3.8, 4) is 0 Å². The Hall–Kier alpha value is -1.01. The average molecular weight is 252 g/mol. The largest absolute Gasteiger partial charge is 0.466 e. The van der Waals surface area contributed by atoms with Crippen molar-refractivity contribution in [2.75, 3.05) is 6.61 Å². The van der Waals surface area contributed by atoms with Gasteiger partial charge in [-0.05, 0) is 44.8 Å². The molecule has 0 amide bonds. The molecule has 0 atom stereocenters. The quantitative estimate of drug-likeness (QED) is 0.317. The van der Waals surface area contributed by atoms with Crippen LogP contribution in [0.4, 0.5) is 0 Å². The molecule has 0 aliphatic carbocycles. The van der Waals surface area contributed by atoms with Gasteiger partial charge in [0, 0.05) is 6.42 Å². The fourth-order valence-electron chi connectivity index (χ4n) is 1.59. The standard InChI is InChI=1S/C16H28O2/c1-4-5-6-7-10-13-16(17)18-14-11-8-9-12-15(2)3/h9H,4-8,10-11,13-14H2,1-3H3. The third-order valence-corrected chi connectivity index (χ3v) is 2.63. The highest BCUT2D eigenvalue weighted by molar-refractivity contribution is 5.69. The van der Waals surface area contributed by atoms with Crippen LogP contribution in [0.15, 0.2) is 17.4 Å². The van der Waals surface area contributed by atoms with Crippen molar-refractivity contribution in [1.82, 2.24) is 0 Å². The lowest BCUT2D eigenvalue weighted by Crippen LogP contribution is -2.05. The molecule has 0 saturated carbocycles. The molecule has 0 spiro atoms. The van der Waals surface area contributed by atoms with Crippen LogP contribution in [-0.4, -0.2) is 12.6 Å². The summed E-state index contributed by atoms with van der Waals surface area (Å²) >= 11 is 0. The highest BCUT2D eigenvalue weighted by Gasteiger charge is 2.01. The molecule has 0 aromatic heterocycles. The van der Waals surface area contributed by atoms with E-state index >= 15 is 0 Å². The third-order valence-electron chi connectivity index (χ3n) is 2.63. The van der Waals surface area contributed by atoms with Gasteiger partial charge in [0.25, 0.3) is 0 Å². The Morgan fingerprint density at radius 3 is 2.50 bits per heavy atom. The Balaban J connectivity index is 3.35. The number of hydrogen-bond donors (Lipinski definition) is 0. The summed E-state index contributed by atoms with van der Waals surface area (Å²) in [6.07, 6.45) is 10.3. The first-order valence-electron chi connectivity index (χ1n) is 7.20. The van der Waals surface area contributed by atoms with Crippen molar-refractivity contribution < 1.29 is 9.53 Å². The van der Waals surface area contributed by atoms with Crippen molar-refractivity contribution in [1.29, 1.82) is 0 Å². The topological polar surface area (TPSA) is 26.3 Å². The SMILES string of the molecule is CCCCCCCC(=O)OCCCC=C=C(C)C. The number of rotatable bonds is 10. The molecule has 18 heavy (non-hydrogen) atoms. The van der Waals surface area contributed by atoms with Crippen LogP contribution >= 0.6 is 0 Å². The Bertz CT molecular complexity index is 269.